The van der Waals surface area contributed by atoms with Gasteiger partial charge in [0.15, 0.2) is 0 Å². The Hall–Kier alpha value is -2.01. The molecule has 0 spiro atoms. The number of aliphatic hydroxyl groups is 1. The van der Waals surface area contributed by atoms with Gasteiger partial charge >= 0.3 is 11.0 Å². The average molecular weight is 500 g/mol. The number of H-pyrrole nitrogens is 1. The number of benzene rings is 2. The second kappa shape index (κ2) is 11.9. The Morgan fingerprint density at radius 2 is 2.03 bits per heavy atom. The Morgan fingerprint density at radius 3 is 2.82 bits per heavy atom. The lowest BCUT2D eigenvalue weighted by Gasteiger charge is -2.13. The van der Waals surface area contributed by atoms with Crippen LogP contribution in [-0.2, 0) is 12.6 Å². The lowest BCUT2D eigenvalue weighted by molar-refractivity contribution is -0.137. The summed E-state index contributed by atoms with van der Waals surface area (Å²) in [6.45, 7) is 1.04. The molecule has 0 fully saturated rings. The van der Waals surface area contributed by atoms with Crippen LogP contribution in [0, 0.1) is 6.42 Å². The van der Waals surface area contributed by atoms with E-state index in [0.29, 0.717) is 40.9 Å². The third-order valence-electron chi connectivity index (χ3n) is 5.04. The van der Waals surface area contributed by atoms with Crippen LogP contribution >= 0.6 is 23.1 Å². The number of hydrogen-bond donors (Lipinski definition) is 4. The molecule has 0 bridgehead atoms. The van der Waals surface area contributed by atoms with Crippen molar-refractivity contribution in [3.05, 3.63) is 69.2 Å². The number of aliphatic hydroxyl groups excluding tert-OH is 1. The largest absolute Gasteiger partial charge is 0.506 e. The summed E-state index contributed by atoms with van der Waals surface area (Å²) in [4.78, 5) is 13.9. The molecule has 0 unspecified atom stereocenters. The van der Waals surface area contributed by atoms with Crippen molar-refractivity contribution < 1.29 is 23.4 Å². The number of alkyl halides is 3. The summed E-state index contributed by atoms with van der Waals surface area (Å²) in [6, 6.07) is 8.52. The highest BCUT2D eigenvalue weighted by molar-refractivity contribution is 7.99. The van der Waals surface area contributed by atoms with Gasteiger partial charge in [0.2, 0.25) is 0 Å². The van der Waals surface area contributed by atoms with Crippen LogP contribution in [0.3, 0.4) is 0 Å². The van der Waals surface area contributed by atoms with Gasteiger partial charge in [-0.05, 0) is 49.1 Å². The van der Waals surface area contributed by atoms with E-state index < -0.39 is 17.8 Å². The molecule has 3 aromatic rings. The van der Waals surface area contributed by atoms with E-state index in [4.69, 9.17) is 0 Å². The number of thioether (sulfide) groups is 1. The van der Waals surface area contributed by atoms with Gasteiger partial charge in [-0.25, -0.2) is 0 Å². The van der Waals surface area contributed by atoms with Crippen molar-refractivity contribution in [2.24, 2.45) is 0 Å². The Balaban J connectivity index is 1.27. The Bertz CT molecular complexity index is 1100. The molecule has 0 aliphatic heterocycles. The molecule has 0 amide bonds. The minimum absolute atomic E-state index is 0.0178. The first-order valence-electron chi connectivity index (χ1n) is 10.5. The minimum Gasteiger partial charge on any atom is -0.506 e. The molecule has 10 heteroatoms. The zero-order chi connectivity index (χ0) is 23.8. The SMILES string of the molecule is O=c1[nH]c2c(O)ccc([C@@H](O)CNCCSCCC[CH]Cc3cccc(C(F)(F)F)c3)c2s1. The molecular formula is C23H26F3N2O3S2. The summed E-state index contributed by atoms with van der Waals surface area (Å²) in [5, 5.41) is 23.5. The van der Waals surface area contributed by atoms with Gasteiger partial charge in [-0.15, -0.1) is 0 Å². The van der Waals surface area contributed by atoms with Gasteiger partial charge < -0.3 is 20.5 Å². The van der Waals surface area contributed by atoms with Crippen molar-refractivity contribution in [3.8, 4) is 5.75 Å². The molecule has 179 valence electrons. The minimum atomic E-state index is -4.31. The summed E-state index contributed by atoms with van der Waals surface area (Å²) in [7, 11) is 0. The smallest absolute Gasteiger partial charge is 0.416 e. The first-order valence-corrected chi connectivity index (χ1v) is 12.5. The first-order chi connectivity index (χ1) is 15.8. The molecule has 1 radical (unpaired) electrons. The predicted octanol–water partition coefficient (Wildman–Crippen LogP) is 4.90. The summed E-state index contributed by atoms with van der Waals surface area (Å²) in [6.07, 6.45) is -0.784. The quantitative estimate of drug-likeness (QED) is 0.267. The van der Waals surface area contributed by atoms with Crippen molar-refractivity contribution in [2.45, 2.75) is 31.5 Å². The second-order valence-electron chi connectivity index (χ2n) is 7.56. The van der Waals surface area contributed by atoms with Crippen LogP contribution in [-0.4, -0.2) is 39.8 Å². The monoisotopic (exact) mass is 499 g/mol. The summed E-state index contributed by atoms with van der Waals surface area (Å²) < 4.78 is 38.8. The molecule has 1 heterocycles. The topological polar surface area (TPSA) is 85.4 Å². The van der Waals surface area contributed by atoms with E-state index in [9.17, 15) is 28.2 Å². The van der Waals surface area contributed by atoms with E-state index in [1.165, 1.54) is 18.2 Å². The molecule has 1 aromatic heterocycles. The van der Waals surface area contributed by atoms with Gasteiger partial charge in [0.25, 0.3) is 0 Å². The van der Waals surface area contributed by atoms with Crippen LogP contribution in [0.25, 0.3) is 10.2 Å². The summed E-state index contributed by atoms with van der Waals surface area (Å²) in [5.74, 6) is 1.79. The van der Waals surface area contributed by atoms with Gasteiger partial charge in [-0.1, -0.05) is 35.6 Å². The van der Waals surface area contributed by atoms with E-state index in [-0.39, 0.29) is 10.6 Å². The number of phenolic OH excluding ortho intramolecular Hbond substituents is 1. The lowest BCUT2D eigenvalue weighted by Crippen LogP contribution is -2.23. The fourth-order valence-corrected chi connectivity index (χ4v) is 5.15. The zero-order valence-electron chi connectivity index (χ0n) is 17.8. The van der Waals surface area contributed by atoms with Crippen LogP contribution < -0.4 is 10.2 Å². The van der Waals surface area contributed by atoms with E-state index in [1.807, 2.05) is 6.42 Å². The molecular weight excluding hydrogens is 473 g/mol. The van der Waals surface area contributed by atoms with Gasteiger partial charge in [0.05, 0.1) is 16.4 Å². The van der Waals surface area contributed by atoms with Crippen LogP contribution in [0.4, 0.5) is 13.2 Å². The summed E-state index contributed by atoms with van der Waals surface area (Å²) in [5.41, 5.74) is 1.00. The number of aromatic nitrogens is 1. The number of aromatic amines is 1. The van der Waals surface area contributed by atoms with Crippen LogP contribution in [0.5, 0.6) is 5.75 Å². The highest BCUT2D eigenvalue weighted by atomic mass is 32.2. The maximum atomic E-state index is 12.7. The van der Waals surface area contributed by atoms with E-state index in [1.54, 1.807) is 23.9 Å². The lowest BCUT2D eigenvalue weighted by atomic mass is 10.0. The summed E-state index contributed by atoms with van der Waals surface area (Å²) >= 11 is 2.73. The predicted molar refractivity (Wildman–Crippen MR) is 128 cm³/mol. The van der Waals surface area contributed by atoms with E-state index >= 15 is 0 Å². The van der Waals surface area contributed by atoms with E-state index in [2.05, 4.69) is 10.3 Å². The Labute approximate surface area is 198 Å². The van der Waals surface area contributed by atoms with Crippen molar-refractivity contribution >= 4 is 33.3 Å². The third kappa shape index (κ3) is 7.49. The zero-order valence-corrected chi connectivity index (χ0v) is 19.5. The van der Waals surface area contributed by atoms with Gasteiger partial charge in [-0.3, -0.25) is 4.79 Å². The normalized spacial score (nSPS) is 13.0. The molecule has 4 N–H and O–H groups in total. The highest BCUT2D eigenvalue weighted by Gasteiger charge is 2.30. The number of unbranched alkanes of at least 4 members (excludes halogenated alkanes) is 2. The number of fused-ring (bicyclic) bond motifs is 1. The number of nitrogens with one attached hydrogen (secondary N) is 2. The number of aromatic hydroxyl groups is 1. The van der Waals surface area contributed by atoms with Gasteiger partial charge in [0.1, 0.15) is 11.3 Å². The second-order valence-corrected chi connectivity index (χ2v) is 9.77. The molecule has 0 aliphatic carbocycles. The number of rotatable bonds is 12. The average Bonchev–Trinajstić information content (AvgIpc) is 3.17. The third-order valence-corrected chi connectivity index (χ3v) is 7.04. The molecule has 0 saturated carbocycles. The number of phenols is 1. The molecule has 0 saturated heterocycles. The van der Waals surface area contributed by atoms with Crippen molar-refractivity contribution in [1.29, 1.82) is 0 Å². The first kappa shape index (κ1) is 25.6. The molecule has 2 aromatic carbocycles. The maximum Gasteiger partial charge on any atom is 0.416 e. The molecule has 3 rings (SSSR count). The van der Waals surface area contributed by atoms with Crippen molar-refractivity contribution in [3.63, 3.8) is 0 Å². The van der Waals surface area contributed by atoms with Gasteiger partial charge in [0, 0.05) is 24.4 Å². The Morgan fingerprint density at radius 1 is 1.21 bits per heavy atom. The van der Waals surface area contributed by atoms with Crippen LogP contribution in [0.15, 0.2) is 41.2 Å². The molecule has 33 heavy (non-hydrogen) atoms. The van der Waals surface area contributed by atoms with Crippen molar-refractivity contribution in [1.82, 2.24) is 10.3 Å². The Kier molecular flexibility index (Phi) is 9.25. The highest BCUT2D eigenvalue weighted by Crippen LogP contribution is 2.31. The van der Waals surface area contributed by atoms with Crippen LogP contribution in [0.2, 0.25) is 0 Å². The van der Waals surface area contributed by atoms with Crippen LogP contribution in [0.1, 0.15) is 35.6 Å². The number of hydrogen-bond acceptors (Lipinski definition) is 6. The van der Waals surface area contributed by atoms with Gasteiger partial charge in [-0.2, -0.15) is 24.9 Å². The fraction of sp³-hybridized carbons (Fsp3) is 0.391. The number of halogens is 3. The maximum absolute atomic E-state index is 12.7. The number of thiazole rings is 1. The fourth-order valence-electron chi connectivity index (χ4n) is 3.37. The molecule has 0 aliphatic rings. The molecule has 1 atom stereocenters. The van der Waals surface area contributed by atoms with Crippen molar-refractivity contribution in [2.75, 3.05) is 24.6 Å². The standard InChI is InChI=1S/C23H26F3N2O3S2/c24-23(25,26)16-7-4-6-15(13-16)5-2-1-3-11-32-12-10-27-14-19(30)17-8-9-18(29)20-21(17)33-22(31)28-20/h2,4,6-9,13,19,27,29-30H,1,3,5,10-12,14H2,(H,28,31)/t19-/m0/s1. The van der Waals surface area contributed by atoms with E-state index in [0.717, 1.165) is 41.8 Å². The molecule has 5 nitrogen and oxygen atoms in total.